The highest BCUT2D eigenvalue weighted by Crippen LogP contribution is 2.22. The molecule has 0 aliphatic carbocycles. The minimum absolute atomic E-state index is 0.436. The molecule has 1 rings (SSSR count). The maximum Gasteiger partial charge on any atom is 0.340 e. The van der Waals surface area contributed by atoms with Gasteiger partial charge in [0.05, 0.1) is 5.57 Å². The van der Waals surface area contributed by atoms with Crippen LogP contribution in [-0.4, -0.2) is 16.9 Å². The first-order chi connectivity index (χ1) is 6.55. The highest BCUT2D eigenvalue weighted by molar-refractivity contribution is 5.94. The molecule has 0 aromatic carbocycles. The molecule has 0 amide bonds. The maximum absolute atomic E-state index is 11.2. The minimum atomic E-state index is -1.43. The van der Waals surface area contributed by atoms with Gasteiger partial charge in [0.15, 0.2) is 0 Å². The minimum Gasteiger partial charge on any atom is -0.426 e. The van der Waals surface area contributed by atoms with Gasteiger partial charge in [0.25, 0.3) is 0 Å². The summed E-state index contributed by atoms with van der Waals surface area (Å²) in [6.45, 7) is 3.56. The average Bonchev–Trinajstić information content (AvgIpc) is 2.34. The van der Waals surface area contributed by atoms with Crippen LogP contribution in [0.3, 0.4) is 0 Å². The van der Waals surface area contributed by atoms with E-state index in [4.69, 9.17) is 4.74 Å². The molecule has 1 N–H and O–H groups in total. The van der Waals surface area contributed by atoms with Crippen molar-refractivity contribution >= 4 is 5.97 Å². The molecule has 3 heteroatoms. The molecule has 78 valence electrons. The van der Waals surface area contributed by atoms with Crippen molar-refractivity contribution in [2.75, 3.05) is 0 Å². The van der Waals surface area contributed by atoms with Crippen molar-refractivity contribution in [1.82, 2.24) is 0 Å². The third kappa shape index (κ3) is 3.00. The Kier molecular flexibility index (Phi) is 3.47. The topological polar surface area (TPSA) is 46.5 Å². The van der Waals surface area contributed by atoms with Crippen molar-refractivity contribution in [2.24, 2.45) is 0 Å². The summed E-state index contributed by atoms with van der Waals surface area (Å²) in [7, 11) is 0. The summed E-state index contributed by atoms with van der Waals surface area (Å²) in [5.41, 5.74) is 0.436. The average molecular weight is 196 g/mol. The van der Waals surface area contributed by atoms with Gasteiger partial charge in [-0.2, -0.15) is 0 Å². The molecular weight excluding hydrogens is 180 g/mol. The van der Waals surface area contributed by atoms with Gasteiger partial charge in [-0.1, -0.05) is 31.9 Å². The van der Waals surface area contributed by atoms with Crippen LogP contribution in [0.15, 0.2) is 23.8 Å². The summed E-state index contributed by atoms with van der Waals surface area (Å²) in [6, 6.07) is 0. The van der Waals surface area contributed by atoms with Crippen LogP contribution in [-0.2, 0) is 9.53 Å². The van der Waals surface area contributed by atoms with Crippen LogP contribution in [0.25, 0.3) is 0 Å². The van der Waals surface area contributed by atoms with Crippen molar-refractivity contribution in [3.05, 3.63) is 23.8 Å². The van der Waals surface area contributed by atoms with Crippen LogP contribution in [0.1, 0.15) is 33.1 Å². The summed E-state index contributed by atoms with van der Waals surface area (Å²) >= 11 is 0. The summed E-state index contributed by atoms with van der Waals surface area (Å²) in [4.78, 5) is 11.2. The molecule has 0 fully saturated rings. The monoisotopic (exact) mass is 196 g/mol. The van der Waals surface area contributed by atoms with E-state index < -0.39 is 11.8 Å². The van der Waals surface area contributed by atoms with Crippen LogP contribution in [0.2, 0.25) is 0 Å². The molecule has 0 spiro atoms. The number of rotatable bonds is 4. The van der Waals surface area contributed by atoms with Crippen LogP contribution in [0, 0.1) is 0 Å². The van der Waals surface area contributed by atoms with Gasteiger partial charge in [-0.15, -0.1) is 0 Å². The predicted octanol–water partition coefficient (Wildman–Crippen LogP) is 1.92. The molecule has 0 saturated heterocycles. The van der Waals surface area contributed by atoms with Gasteiger partial charge >= 0.3 is 5.97 Å². The summed E-state index contributed by atoms with van der Waals surface area (Å²) < 4.78 is 4.69. The molecule has 1 aliphatic rings. The van der Waals surface area contributed by atoms with E-state index in [2.05, 4.69) is 6.92 Å². The summed E-state index contributed by atoms with van der Waals surface area (Å²) in [6.07, 6.45) is 8.25. The quantitative estimate of drug-likeness (QED) is 0.552. The first kappa shape index (κ1) is 11.0. The lowest BCUT2D eigenvalue weighted by atomic mass is 10.1. The number of esters is 1. The van der Waals surface area contributed by atoms with E-state index in [0.29, 0.717) is 5.57 Å². The van der Waals surface area contributed by atoms with E-state index in [9.17, 15) is 9.90 Å². The molecule has 0 bridgehead atoms. The summed E-state index contributed by atoms with van der Waals surface area (Å²) in [5.74, 6) is -1.88. The van der Waals surface area contributed by atoms with Crippen molar-refractivity contribution in [3.63, 3.8) is 0 Å². The number of carbonyl (C=O) groups is 1. The zero-order chi connectivity index (χ0) is 10.6. The van der Waals surface area contributed by atoms with E-state index >= 15 is 0 Å². The number of ether oxygens (including phenoxy) is 1. The second-order valence-corrected chi connectivity index (χ2v) is 3.59. The third-order valence-corrected chi connectivity index (χ3v) is 1.98. The standard InChI is InChI=1S/C11H16O3/c1-3-4-5-6-7-9-8-11(2,13)14-10(9)12/h6-8,13H,3-5H2,1-2H3/b7-6+. The van der Waals surface area contributed by atoms with E-state index in [0.717, 1.165) is 19.3 Å². The highest BCUT2D eigenvalue weighted by atomic mass is 16.7. The predicted molar refractivity (Wildman–Crippen MR) is 53.5 cm³/mol. The van der Waals surface area contributed by atoms with Crippen molar-refractivity contribution in [2.45, 2.75) is 38.9 Å². The lowest BCUT2D eigenvalue weighted by molar-refractivity contribution is -0.172. The van der Waals surface area contributed by atoms with Gasteiger partial charge in [0.2, 0.25) is 5.79 Å². The Labute approximate surface area is 84.1 Å². The van der Waals surface area contributed by atoms with Gasteiger partial charge in [-0.3, -0.25) is 0 Å². The SMILES string of the molecule is CCCC/C=C/C1=CC(C)(O)OC1=O. The fraction of sp³-hybridized carbons (Fsp3) is 0.545. The normalized spacial score (nSPS) is 26.8. The number of hydrogen-bond acceptors (Lipinski definition) is 3. The van der Waals surface area contributed by atoms with Crippen LogP contribution in [0.5, 0.6) is 0 Å². The fourth-order valence-electron chi connectivity index (χ4n) is 1.27. The molecule has 14 heavy (non-hydrogen) atoms. The van der Waals surface area contributed by atoms with Crippen molar-refractivity contribution in [1.29, 1.82) is 0 Å². The first-order valence-electron chi connectivity index (χ1n) is 4.90. The Balaban J connectivity index is 2.52. The molecule has 1 aliphatic heterocycles. The molecule has 0 radical (unpaired) electrons. The fourth-order valence-corrected chi connectivity index (χ4v) is 1.27. The van der Waals surface area contributed by atoms with Crippen LogP contribution < -0.4 is 0 Å². The van der Waals surface area contributed by atoms with E-state index in [1.165, 1.54) is 13.0 Å². The molecule has 1 atom stereocenters. The van der Waals surface area contributed by atoms with Gasteiger partial charge < -0.3 is 9.84 Å². The van der Waals surface area contributed by atoms with Crippen LogP contribution >= 0.6 is 0 Å². The van der Waals surface area contributed by atoms with E-state index in [1.807, 2.05) is 6.08 Å². The molecule has 3 nitrogen and oxygen atoms in total. The van der Waals surface area contributed by atoms with Gasteiger partial charge in [0.1, 0.15) is 0 Å². The van der Waals surface area contributed by atoms with Gasteiger partial charge in [-0.25, -0.2) is 4.79 Å². The Bertz CT molecular complexity index is 274. The largest absolute Gasteiger partial charge is 0.426 e. The maximum atomic E-state index is 11.2. The molecular formula is C11H16O3. The van der Waals surface area contributed by atoms with E-state index in [-0.39, 0.29) is 0 Å². The lowest BCUT2D eigenvalue weighted by Gasteiger charge is -2.11. The number of allylic oxidation sites excluding steroid dienone is 1. The number of cyclic esters (lactones) is 1. The second kappa shape index (κ2) is 4.42. The number of carbonyl (C=O) groups excluding carboxylic acids is 1. The number of unbranched alkanes of at least 4 members (excludes halogenated alkanes) is 2. The lowest BCUT2D eigenvalue weighted by Crippen LogP contribution is -2.22. The zero-order valence-corrected chi connectivity index (χ0v) is 8.62. The molecule has 1 unspecified atom stereocenters. The zero-order valence-electron chi connectivity index (χ0n) is 8.62. The summed E-state index contributed by atoms with van der Waals surface area (Å²) in [5, 5.41) is 9.38. The third-order valence-electron chi connectivity index (χ3n) is 1.98. The van der Waals surface area contributed by atoms with Crippen molar-refractivity contribution in [3.8, 4) is 0 Å². The van der Waals surface area contributed by atoms with Crippen molar-refractivity contribution < 1.29 is 14.6 Å². The second-order valence-electron chi connectivity index (χ2n) is 3.59. The smallest absolute Gasteiger partial charge is 0.340 e. The molecule has 1 heterocycles. The van der Waals surface area contributed by atoms with Gasteiger partial charge in [-0.05, 0) is 6.42 Å². The van der Waals surface area contributed by atoms with Gasteiger partial charge in [0, 0.05) is 13.0 Å². The first-order valence-corrected chi connectivity index (χ1v) is 4.90. The van der Waals surface area contributed by atoms with Crippen LogP contribution in [0.4, 0.5) is 0 Å². The van der Waals surface area contributed by atoms with E-state index in [1.54, 1.807) is 6.08 Å². The Morgan fingerprint density at radius 2 is 2.36 bits per heavy atom. The molecule has 0 saturated carbocycles. The Hall–Kier alpha value is -1.09. The molecule has 0 aromatic heterocycles. The number of aliphatic hydroxyl groups is 1. The Morgan fingerprint density at radius 1 is 1.64 bits per heavy atom. The molecule has 0 aromatic rings. The highest BCUT2D eigenvalue weighted by Gasteiger charge is 2.32. The number of hydrogen-bond donors (Lipinski definition) is 1. The Morgan fingerprint density at radius 3 is 2.86 bits per heavy atom.